The lowest BCUT2D eigenvalue weighted by molar-refractivity contribution is -0.142. The largest absolute Gasteiger partial charge is 0.422 e. The number of aromatic nitrogens is 1. The number of carbonyl (C=O) groups is 2. The van der Waals surface area contributed by atoms with Crippen LogP contribution in [0.1, 0.15) is 31.0 Å². The summed E-state index contributed by atoms with van der Waals surface area (Å²) in [5.74, 6) is -0.851. The summed E-state index contributed by atoms with van der Waals surface area (Å²) in [5, 5.41) is 9.35. The number of rotatable bonds is 2. The summed E-state index contributed by atoms with van der Waals surface area (Å²) in [7, 11) is 0. The average Bonchev–Trinajstić information content (AvgIpc) is 2.36. The lowest BCUT2D eigenvalue weighted by Gasteiger charge is -2.17. The quantitative estimate of drug-likeness (QED) is 0.780. The second-order valence-corrected chi connectivity index (χ2v) is 3.84. The molecule has 2 heterocycles. The maximum absolute atomic E-state index is 11.5. The third-order valence-corrected chi connectivity index (χ3v) is 2.65. The molecule has 1 aliphatic rings. The molecule has 2 rings (SSSR count). The Morgan fingerprint density at radius 1 is 1.28 bits per heavy atom. The molecule has 96 valence electrons. The van der Waals surface area contributed by atoms with E-state index in [0.29, 0.717) is 17.7 Å². The number of nitrogens with zero attached hydrogens (tertiary/aromatic N) is 1. The number of pyridine rings is 1. The Hall–Kier alpha value is -1.95. The maximum atomic E-state index is 11.5. The molecular formula is C12H13NO5. The van der Waals surface area contributed by atoms with Crippen LogP contribution in [0.2, 0.25) is 0 Å². The summed E-state index contributed by atoms with van der Waals surface area (Å²) in [6.45, 7) is 1.54. The summed E-state index contributed by atoms with van der Waals surface area (Å²) >= 11 is 0. The van der Waals surface area contributed by atoms with Crippen LogP contribution in [0.3, 0.4) is 0 Å². The van der Waals surface area contributed by atoms with E-state index < -0.39 is 11.9 Å². The van der Waals surface area contributed by atoms with Crippen LogP contribution in [0.25, 0.3) is 0 Å². The molecule has 0 bridgehead atoms. The number of hydrogen-bond donors (Lipinski definition) is 1. The van der Waals surface area contributed by atoms with Crippen LogP contribution in [0.4, 0.5) is 0 Å². The third-order valence-electron chi connectivity index (χ3n) is 2.65. The van der Waals surface area contributed by atoms with E-state index in [2.05, 4.69) is 4.98 Å². The number of fused-ring (bicyclic) bond motifs is 1. The predicted molar refractivity (Wildman–Crippen MR) is 60.0 cm³/mol. The van der Waals surface area contributed by atoms with Crippen molar-refractivity contribution in [2.24, 2.45) is 0 Å². The van der Waals surface area contributed by atoms with Gasteiger partial charge in [0.25, 0.3) is 0 Å². The van der Waals surface area contributed by atoms with E-state index >= 15 is 0 Å². The summed E-state index contributed by atoms with van der Waals surface area (Å²) in [6.07, 6.45) is 1.85. The summed E-state index contributed by atoms with van der Waals surface area (Å²) in [5.41, 5.74) is 0.999. The highest BCUT2D eigenvalue weighted by atomic mass is 16.6. The molecule has 0 spiro atoms. The van der Waals surface area contributed by atoms with E-state index in [-0.39, 0.29) is 30.9 Å². The molecule has 1 N–H and O–H groups in total. The van der Waals surface area contributed by atoms with Crippen LogP contribution in [-0.4, -0.2) is 22.0 Å². The monoisotopic (exact) mass is 251 g/mol. The van der Waals surface area contributed by atoms with Crippen molar-refractivity contribution < 1.29 is 24.2 Å². The zero-order valence-electron chi connectivity index (χ0n) is 9.93. The van der Waals surface area contributed by atoms with Crippen molar-refractivity contribution in [1.29, 1.82) is 0 Å². The van der Waals surface area contributed by atoms with Gasteiger partial charge in [-0.3, -0.25) is 14.6 Å². The number of esters is 2. The fraction of sp³-hybridized carbons (Fsp3) is 0.417. The molecule has 0 aliphatic carbocycles. The number of hydrogen-bond acceptors (Lipinski definition) is 6. The van der Waals surface area contributed by atoms with E-state index in [9.17, 15) is 14.7 Å². The first-order chi connectivity index (χ1) is 8.65. The molecule has 6 heteroatoms. The van der Waals surface area contributed by atoms with E-state index in [0.717, 1.165) is 0 Å². The van der Waals surface area contributed by atoms with Gasteiger partial charge in [-0.2, -0.15) is 0 Å². The second kappa shape index (κ2) is 5.14. The van der Waals surface area contributed by atoms with Gasteiger partial charge in [0.05, 0.1) is 25.6 Å². The lowest BCUT2D eigenvalue weighted by Crippen LogP contribution is -2.20. The van der Waals surface area contributed by atoms with Crippen molar-refractivity contribution >= 4 is 11.9 Å². The molecule has 6 nitrogen and oxygen atoms in total. The minimum atomic E-state index is -0.518. The number of aryl methyl sites for hydroxylation is 1. The van der Waals surface area contributed by atoms with Gasteiger partial charge in [-0.25, -0.2) is 0 Å². The van der Waals surface area contributed by atoms with Crippen molar-refractivity contribution in [2.45, 2.75) is 32.8 Å². The molecule has 0 fully saturated rings. The topological polar surface area (TPSA) is 85.7 Å². The average molecular weight is 251 g/mol. The van der Waals surface area contributed by atoms with Crippen molar-refractivity contribution in [2.75, 3.05) is 0 Å². The highest BCUT2D eigenvalue weighted by Crippen LogP contribution is 2.34. The molecule has 0 saturated heterocycles. The first kappa shape index (κ1) is 12.5. The van der Waals surface area contributed by atoms with Crippen molar-refractivity contribution in [1.82, 2.24) is 4.98 Å². The number of carbonyl (C=O) groups excluding carboxylic acids is 2. The van der Waals surface area contributed by atoms with Gasteiger partial charge in [0.1, 0.15) is 0 Å². The Morgan fingerprint density at radius 3 is 2.56 bits per heavy atom. The van der Waals surface area contributed by atoms with Crippen LogP contribution in [0.15, 0.2) is 6.20 Å². The van der Waals surface area contributed by atoms with Gasteiger partial charge in [0.15, 0.2) is 11.5 Å². The Morgan fingerprint density at radius 2 is 1.94 bits per heavy atom. The van der Waals surface area contributed by atoms with Crippen LogP contribution >= 0.6 is 0 Å². The fourth-order valence-corrected chi connectivity index (χ4v) is 1.75. The molecule has 18 heavy (non-hydrogen) atoms. The normalized spacial score (nSPS) is 15.2. The summed E-state index contributed by atoms with van der Waals surface area (Å²) in [4.78, 5) is 26.9. The van der Waals surface area contributed by atoms with Gasteiger partial charge in [0, 0.05) is 11.3 Å². The van der Waals surface area contributed by atoms with E-state index in [1.807, 2.05) is 6.92 Å². The van der Waals surface area contributed by atoms with Gasteiger partial charge in [0.2, 0.25) is 0 Å². The molecule has 1 aromatic rings. The smallest absolute Gasteiger partial charge is 0.311 e. The standard InChI is InChI=1S/C12H13NO5/c1-2-8-7(6-14)12-9(5-13-8)17-10(15)3-4-11(16)18-12/h5,14H,2-4,6H2,1H3. The van der Waals surface area contributed by atoms with Crippen LogP contribution in [-0.2, 0) is 22.6 Å². The molecule has 0 atom stereocenters. The van der Waals surface area contributed by atoms with Gasteiger partial charge >= 0.3 is 11.9 Å². The maximum Gasteiger partial charge on any atom is 0.311 e. The molecule has 0 aromatic carbocycles. The van der Waals surface area contributed by atoms with Crippen LogP contribution in [0.5, 0.6) is 11.5 Å². The molecule has 1 aromatic heterocycles. The highest BCUT2D eigenvalue weighted by molar-refractivity contribution is 5.83. The highest BCUT2D eigenvalue weighted by Gasteiger charge is 2.24. The van der Waals surface area contributed by atoms with Crippen molar-refractivity contribution in [3.05, 3.63) is 17.5 Å². The molecule has 0 saturated carbocycles. The number of aliphatic hydroxyl groups is 1. The van der Waals surface area contributed by atoms with Crippen molar-refractivity contribution in [3.63, 3.8) is 0 Å². The Kier molecular flexibility index (Phi) is 3.57. The first-order valence-corrected chi connectivity index (χ1v) is 5.68. The zero-order valence-corrected chi connectivity index (χ0v) is 9.93. The van der Waals surface area contributed by atoms with Crippen LogP contribution < -0.4 is 9.47 Å². The Bertz CT molecular complexity index is 497. The van der Waals surface area contributed by atoms with Crippen molar-refractivity contribution in [3.8, 4) is 11.5 Å². The third kappa shape index (κ3) is 2.33. The number of ether oxygens (including phenoxy) is 2. The van der Waals surface area contributed by atoms with Gasteiger partial charge in [-0.1, -0.05) is 6.92 Å². The van der Waals surface area contributed by atoms with Gasteiger partial charge in [-0.05, 0) is 6.42 Å². The van der Waals surface area contributed by atoms with E-state index in [1.54, 1.807) is 0 Å². The molecular weight excluding hydrogens is 238 g/mol. The molecule has 1 aliphatic heterocycles. The van der Waals surface area contributed by atoms with Gasteiger partial charge in [-0.15, -0.1) is 0 Å². The molecule has 0 radical (unpaired) electrons. The molecule has 0 unspecified atom stereocenters. The minimum absolute atomic E-state index is 0.0255. The lowest BCUT2D eigenvalue weighted by atomic mass is 10.1. The minimum Gasteiger partial charge on any atom is -0.422 e. The Labute approximate surface area is 104 Å². The second-order valence-electron chi connectivity index (χ2n) is 3.84. The Balaban J connectivity index is 2.53. The SMILES string of the molecule is CCc1ncc2c(c1CO)OC(=O)CCC(=O)O2. The fourth-order valence-electron chi connectivity index (χ4n) is 1.75. The predicted octanol–water partition coefficient (Wildman–Crippen LogP) is 0.741. The number of aliphatic hydroxyl groups excluding tert-OH is 1. The van der Waals surface area contributed by atoms with Crippen LogP contribution in [0, 0.1) is 0 Å². The zero-order chi connectivity index (χ0) is 13.1. The summed E-state index contributed by atoms with van der Waals surface area (Å²) < 4.78 is 10.2. The van der Waals surface area contributed by atoms with E-state index in [4.69, 9.17) is 9.47 Å². The van der Waals surface area contributed by atoms with E-state index in [1.165, 1.54) is 6.20 Å². The summed E-state index contributed by atoms with van der Waals surface area (Å²) in [6, 6.07) is 0. The first-order valence-electron chi connectivity index (χ1n) is 5.68. The molecule has 0 amide bonds. The van der Waals surface area contributed by atoms with Gasteiger partial charge < -0.3 is 14.6 Å².